The summed E-state index contributed by atoms with van der Waals surface area (Å²) in [5, 5.41) is 55.5. The van der Waals surface area contributed by atoms with Crippen LogP contribution in [0.2, 0.25) is 10.0 Å². The number of carboxylic acids is 1. The van der Waals surface area contributed by atoms with Gasteiger partial charge in [-0.3, -0.25) is 14.9 Å². The number of phenolic OH excluding ortho intramolecular Hbond substituents is 1. The average Bonchev–Trinajstić information content (AvgIpc) is 3.35. The molecule has 6 N–H and O–H groups in total. The Morgan fingerprint density at radius 2 is 1.77 bits per heavy atom. The molecule has 3 aliphatic rings. The molecule has 6 rings (SSSR count). The van der Waals surface area contributed by atoms with Gasteiger partial charge >= 0.3 is 5.97 Å². The van der Waals surface area contributed by atoms with E-state index in [0.29, 0.717) is 22.1 Å². The molecule has 2 aliphatic heterocycles. The molecule has 12 nitrogen and oxygen atoms in total. The van der Waals surface area contributed by atoms with Crippen molar-refractivity contribution in [3.05, 3.63) is 109 Å². The third-order valence-electron chi connectivity index (χ3n) is 7.79. The van der Waals surface area contributed by atoms with E-state index >= 15 is 0 Å². The van der Waals surface area contributed by atoms with E-state index in [9.17, 15) is 39.9 Å². The van der Waals surface area contributed by atoms with E-state index in [1.165, 1.54) is 42.5 Å². The van der Waals surface area contributed by atoms with E-state index < -0.39 is 30.6 Å². The zero-order valence-electron chi connectivity index (χ0n) is 24.2. The number of nitrogens with zero attached hydrogens (tertiary/aromatic N) is 1. The van der Waals surface area contributed by atoms with Crippen molar-refractivity contribution in [3.63, 3.8) is 0 Å². The number of amides is 1. The van der Waals surface area contributed by atoms with Gasteiger partial charge in [-0.2, -0.15) is 5.06 Å². The summed E-state index contributed by atoms with van der Waals surface area (Å²) in [7, 11) is 0. The maximum absolute atomic E-state index is 12.6. The summed E-state index contributed by atoms with van der Waals surface area (Å²) in [5.41, 5.74) is 1.06. The number of hydroxylamine groups is 2. The standard InChI is InChI=1S/C33H26Cl2N2O10/c34-22-13-21(31(42)36-14-15-1-3-16(4-2-15)33(45)47-37-25(40)9-10-26(37)41)30(35)29(28(22)32(43)44)27-19-7-5-17(38)11-23(19)46-24-12-18(39)6-8-20(24)27/h1-8,11-13,25,31,33,36,38,40,42,45H,9-10,14H2,(H,43,44). The molecule has 3 aromatic rings. The smallest absolute Gasteiger partial charge is 0.337 e. The summed E-state index contributed by atoms with van der Waals surface area (Å²) in [5.74, 6) is -1.85. The summed E-state index contributed by atoms with van der Waals surface area (Å²) in [4.78, 5) is 41.8. The Balaban J connectivity index is 1.33. The summed E-state index contributed by atoms with van der Waals surface area (Å²) in [6, 6.07) is 15.8. The molecule has 47 heavy (non-hydrogen) atoms. The zero-order chi connectivity index (χ0) is 33.6. The SMILES string of the molecule is O=C(O)c1c(Cl)cc(C(O)NCc2ccc(C(O)ON3C(=O)CCC3O)cc2)c(Cl)c1-c1c2ccc(=O)cc-2oc2cc(O)ccc12. The Morgan fingerprint density at radius 3 is 2.45 bits per heavy atom. The first kappa shape index (κ1) is 32.4. The number of hydrogen-bond acceptors (Lipinski definition) is 10. The normalized spacial score (nSPS) is 16.2. The molecular formula is C33H26Cl2N2O10. The average molecular weight is 681 g/mol. The van der Waals surface area contributed by atoms with Gasteiger partial charge in [-0.1, -0.05) is 47.5 Å². The molecule has 14 heteroatoms. The number of nitrogens with one attached hydrogen (secondary N) is 1. The Hall–Kier alpha value is -4.53. The highest BCUT2D eigenvalue weighted by Crippen LogP contribution is 2.47. The third-order valence-corrected chi connectivity index (χ3v) is 8.50. The molecule has 1 amide bonds. The van der Waals surface area contributed by atoms with Gasteiger partial charge in [0.25, 0.3) is 0 Å². The number of aromatic hydroxyl groups is 1. The number of aliphatic hydroxyl groups is 3. The Bertz CT molecular complexity index is 2050. The highest BCUT2D eigenvalue weighted by atomic mass is 35.5. The van der Waals surface area contributed by atoms with Crippen LogP contribution in [-0.2, 0) is 16.2 Å². The van der Waals surface area contributed by atoms with Crippen molar-refractivity contribution in [1.82, 2.24) is 10.4 Å². The van der Waals surface area contributed by atoms with Crippen LogP contribution in [-0.4, -0.2) is 48.7 Å². The van der Waals surface area contributed by atoms with Crippen molar-refractivity contribution in [1.29, 1.82) is 0 Å². The molecule has 3 atom stereocenters. The molecular weight excluding hydrogens is 655 g/mol. The fraction of sp³-hybridized carbons (Fsp3) is 0.182. The minimum Gasteiger partial charge on any atom is -0.508 e. The molecule has 0 saturated carbocycles. The number of hydrogen-bond donors (Lipinski definition) is 6. The van der Waals surface area contributed by atoms with Crippen LogP contribution >= 0.6 is 23.2 Å². The number of aliphatic hydroxyl groups excluding tert-OH is 3. The van der Waals surface area contributed by atoms with Crippen LogP contribution in [0.5, 0.6) is 5.75 Å². The van der Waals surface area contributed by atoms with Crippen LogP contribution < -0.4 is 10.7 Å². The van der Waals surface area contributed by atoms with E-state index in [1.54, 1.807) is 24.3 Å². The molecule has 1 saturated heterocycles. The third kappa shape index (κ3) is 6.27. The lowest BCUT2D eigenvalue weighted by atomic mass is 9.89. The highest BCUT2D eigenvalue weighted by molar-refractivity contribution is 6.39. The van der Waals surface area contributed by atoms with Crippen molar-refractivity contribution < 1.29 is 44.4 Å². The molecule has 1 fully saturated rings. The van der Waals surface area contributed by atoms with Gasteiger partial charge in [0.15, 0.2) is 11.7 Å². The summed E-state index contributed by atoms with van der Waals surface area (Å²) < 4.78 is 5.87. The maximum Gasteiger partial charge on any atom is 0.337 e. The second-order valence-electron chi connectivity index (χ2n) is 10.9. The number of carbonyl (C=O) groups is 2. The largest absolute Gasteiger partial charge is 0.508 e. The number of rotatable bonds is 9. The van der Waals surface area contributed by atoms with E-state index in [4.69, 9.17) is 32.5 Å². The lowest BCUT2D eigenvalue weighted by Crippen LogP contribution is -2.34. The number of aromatic carboxylic acids is 1. The van der Waals surface area contributed by atoms with Crippen LogP contribution in [0, 0.1) is 0 Å². The lowest BCUT2D eigenvalue weighted by molar-refractivity contribution is -0.290. The second-order valence-corrected chi connectivity index (χ2v) is 11.6. The summed E-state index contributed by atoms with van der Waals surface area (Å²) in [6.45, 7) is 0.0906. The number of phenols is 1. The van der Waals surface area contributed by atoms with Crippen molar-refractivity contribution >= 4 is 46.0 Å². The molecule has 3 aromatic carbocycles. The van der Waals surface area contributed by atoms with Crippen LogP contribution in [0.4, 0.5) is 0 Å². The Labute approximate surface area is 275 Å². The minimum atomic E-state index is -1.51. The molecule has 0 bridgehead atoms. The molecule has 242 valence electrons. The van der Waals surface area contributed by atoms with Gasteiger partial charge in [0.05, 0.1) is 15.6 Å². The van der Waals surface area contributed by atoms with E-state index in [0.717, 1.165) is 5.06 Å². The summed E-state index contributed by atoms with van der Waals surface area (Å²) in [6.07, 6.45) is -3.77. The minimum absolute atomic E-state index is 0.0300. The van der Waals surface area contributed by atoms with Crippen molar-refractivity contribution in [2.75, 3.05) is 0 Å². The second kappa shape index (κ2) is 12.9. The molecule has 3 unspecified atom stereocenters. The number of carbonyl (C=O) groups excluding carboxylic acids is 1. The van der Waals surface area contributed by atoms with Gasteiger partial charge in [0, 0.05) is 64.7 Å². The van der Waals surface area contributed by atoms with Gasteiger partial charge in [-0.05, 0) is 35.9 Å². The van der Waals surface area contributed by atoms with Crippen molar-refractivity contribution in [3.8, 4) is 28.2 Å². The Morgan fingerprint density at radius 1 is 1.02 bits per heavy atom. The first-order chi connectivity index (χ1) is 22.4. The van der Waals surface area contributed by atoms with E-state index in [-0.39, 0.29) is 74.2 Å². The van der Waals surface area contributed by atoms with Crippen LogP contribution in [0.1, 0.15) is 52.4 Å². The lowest BCUT2D eigenvalue weighted by Gasteiger charge is -2.23. The number of fused-ring (bicyclic) bond motifs is 2. The Kier molecular flexibility index (Phi) is 8.92. The predicted molar refractivity (Wildman–Crippen MR) is 170 cm³/mol. The fourth-order valence-electron chi connectivity index (χ4n) is 5.49. The fourth-order valence-corrected chi connectivity index (χ4v) is 6.12. The maximum atomic E-state index is 12.6. The van der Waals surface area contributed by atoms with Crippen LogP contribution in [0.25, 0.3) is 33.4 Å². The number of carboxylic acid groups (broad SMARTS) is 1. The van der Waals surface area contributed by atoms with E-state index in [2.05, 4.69) is 5.32 Å². The van der Waals surface area contributed by atoms with Crippen molar-refractivity contribution in [2.24, 2.45) is 0 Å². The van der Waals surface area contributed by atoms with Crippen molar-refractivity contribution in [2.45, 2.75) is 38.1 Å². The topological polar surface area (TPSA) is 190 Å². The van der Waals surface area contributed by atoms with Gasteiger partial charge in [-0.25, -0.2) is 9.63 Å². The summed E-state index contributed by atoms with van der Waals surface area (Å²) >= 11 is 13.4. The van der Waals surface area contributed by atoms with Gasteiger partial charge in [-0.15, -0.1) is 0 Å². The molecule has 1 aliphatic carbocycles. The number of benzene rings is 4. The molecule has 0 spiro atoms. The first-order valence-electron chi connectivity index (χ1n) is 14.2. The van der Waals surface area contributed by atoms with E-state index in [1.807, 2.05) is 0 Å². The monoisotopic (exact) mass is 680 g/mol. The van der Waals surface area contributed by atoms with Gasteiger partial charge in [0.1, 0.15) is 23.3 Å². The van der Waals surface area contributed by atoms with Crippen LogP contribution in [0.15, 0.2) is 75.9 Å². The first-order valence-corrected chi connectivity index (χ1v) is 15.0. The van der Waals surface area contributed by atoms with Gasteiger partial charge in [0.2, 0.25) is 12.2 Å². The highest BCUT2D eigenvalue weighted by Gasteiger charge is 2.33. The zero-order valence-corrected chi connectivity index (χ0v) is 25.7. The van der Waals surface area contributed by atoms with Gasteiger partial charge < -0.3 is 29.9 Å². The molecule has 2 heterocycles. The quantitative estimate of drug-likeness (QED) is 0.0915. The number of halogens is 2. The molecule has 0 radical (unpaired) electrons. The van der Waals surface area contributed by atoms with Crippen LogP contribution in [0.3, 0.4) is 0 Å². The molecule has 0 aromatic heterocycles. The predicted octanol–water partition coefficient (Wildman–Crippen LogP) is 4.92.